The van der Waals surface area contributed by atoms with Crippen LogP contribution in [0.5, 0.6) is 0 Å². The molecule has 2 rings (SSSR count). The summed E-state index contributed by atoms with van der Waals surface area (Å²) in [5.41, 5.74) is 0.433. The number of urea groups is 1. The van der Waals surface area contributed by atoms with Gasteiger partial charge in [-0.1, -0.05) is 11.3 Å². The molecule has 1 atom stereocenters. The molecule has 9 heteroatoms. The molecule has 0 aliphatic heterocycles. The number of hydrogen-bond donors (Lipinski definition) is 2. The van der Waals surface area contributed by atoms with E-state index in [4.69, 9.17) is 0 Å². The quantitative estimate of drug-likeness (QED) is 0.874. The standard InChI is InChI=1S/C14H16F2N4O2S/c1-8(21)7-20(2)14(22)17-13-19-18-12(23-13)5-9-3-10(15)6-11(16)4-9/h3-4,6,8,21H,5,7H2,1-2H3,(H,17,19,22)/t8-/m0/s1. The number of amides is 2. The highest BCUT2D eigenvalue weighted by molar-refractivity contribution is 7.15. The average molecular weight is 342 g/mol. The van der Waals surface area contributed by atoms with Crippen molar-refractivity contribution in [2.75, 3.05) is 18.9 Å². The molecule has 1 heterocycles. The number of nitrogens with one attached hydrogen (secondary N) is 1. The van der Waals surface area contributed by atoms with E-state index in [1.165, 1.54) is 17.0 Å². The Morgan fingerprint density at radius 2 is 2.00 bits per heavy atom. The van der Waals surface area contributed by atoms with Crippen LogP contribution in [-0.2, 0) is 6.42 Å². The van der Waals surface area contributed by atoms with Crippen LogP contribution in [0.15, 0.2) is 18.2 Å². The first-order valence-corrected chi connectivity index (χ1v) is 7.62. The minimum atomic E-state index is -0.655. The predicted molar refractivity (Wildman–Crippen MR) is 82.4 cm³/mol. The molecule has 1 aromatic heterocycles. The number of anilines is 1. The molecule has 6 nitrogen and oxygen atoms in total. The van der Waals surface area contributed by atoms with Crippen molar-refractivity contribution in [3.63, 3.8) is 0 Å². The van der Waals surface area contributed by atoms with Crippen LogP contribution >= 0.6 is 11.3 Å². The smallest absolute Gasteiger partial charge is 0.323 e. The fourth-order valence-corrected chi connectivity index (χ4v) is 2.69. The summed E-state index contributed by atoms with van der Waals surface area (Å²) in [5, 5.41) is 20.3. The predicted octanol–water partition coefficient (Wildman–Crippen LogP) is 2.25. The van der Waals surface area contributed by atoms with Crippen LogP contribution in [0.4, 0.5) is 18.7 Å². The Bertz CT molecular complexity index is 673. The van der Waals surface area contributed by atoms with Gasteiger partial charge in [0, 0.05) is 26.1 Å². The molecule has 0 unspecified atom stereocenters. The Balaban J connectivity index is 1.99. The second-order valence-electron chi connectivity index (χ2n) is 5.12. The summed E-state index contributed by atoms with van der Waals surface area (Å²) in [4.78, 5) is 13.2. The van der Waals surface area contributed by atoms with Gasteiger partial charge in [-0.3, -0.25) is 5.32 Å². The number of aliphatic hydroxyl groups is 1. The molecule has 0 radical (unpaired) electrons. The first-order chi connectivity index (χ1) is 10.8. The molecule has 0 spiro atoms. The first-order valence-electron chi connectivity index (χ1n) is 6.81. The van der Waals surface area contributed by atoms with Crippen molar-refractivity contribution in [1.29, 1.82) is 0 Å². The van der Waals surface area contributed by atoms with Crippen LogP contribution in [0.3, 0.4) is 0 Å². The van der Waals surface area contributed by atoms with Gasteiger partial charge >= 0.3 is 6.03 Å². The maximum absolute atomic E-state index is 13.1. The number of nitrogens with zero attached hydrogens (tertiary/aromatic N) is 3. The number of rotatable bonds is 5. The van der Waals surface area contributed by atoms with Gasteiger partial charge in [-0.15, -0.1) is 10.2 Å². The van der Waals surface area contributed by atoms with Gasteiger partial charge < -0.3 is 10.0 Å². The Kier molecular flexibility index (Phi) is 5.56. The van der Waals surface area contributed by atoms with E-state index in [-0.39, 0.29) is 18.1 Å². The first kappa shape index (κ1) is 17.2. The van der Waals surface area contributed by atoms with E-state index in [1.807, 2.05) is 0 Å². The number of likely N-dealkylation sites (N-methyl/N-ethyl adjacent to an activating group) is 1. The van der Waals surface area contributed by atoms with Gasteiger partial charge in [0.15, 0.2) is 0 Å². The van der Waals surface area contributed by atoms with Crippen LogP contribution in [0.1, 0.15) is 17.5 Å². The number of aromatic nitrogens is 2. The molecule has 0 aliphatic carbocycles. The van der Waals surface area contributed by atoms with E-state index >= 15 is 0 Å². The largest absolute Gasteiger partial charge is 0.392 e. The molecule has 0 aliphatic rings. The molecule has 23 heavy (non-hydrogen) atoms. The van der Waals surface area contributed by atoms with Crippen LogP contribution < -0.4 is 5.32 Å². The van der Waals surface area contributed by atoms with E-state index in [0.717, 1.165) is 17.4 Å². The highest BCUT2D eigenvalue weighted by Crippen LogP contribution is 2.20. The van der Waals surface area contributed by atoms with E-state index in [0.29, 0.717) is 10.6 Å². The van der Waals surface area contributed by atoms with Gasteiger partial charge in [0.25, 0.3) is 0 Å². The Morgan fingerprint density at radius 1 is 1.35 bits per heavy atom. The Labute approximate surface area is 135 Å². The van der Waals surface area contributed by atoms with Gasteiger partial charge in [0.2, 0.25) is 5.13 Å². The van der Waals surface area contributed by atoms with E-state index in [1.54, 1.807) is 14.0 Å². The fraction of sp³-hybridized carbons (Fsp3) is 0.357. The summed E-state index contributed by atoms with van der Waals surface area (Å²) in [7, 11) is 1.54. The zero-order chi connectivity index (χ0) is 17.0. The monoisotopic (exact) mass is 342 g/mol. The molecule has 2 N–H and O–H groups in total. The van der Waals surface area contributed by atoms with Gasteiger partial charge in [0.05, 0.1) is 6.10 Å². The van der Waals surface area contributed by atoms with Gasteiger partial charge in [0.1, 0.15) is 16.6 Å². The molecule has 0 saturated heterocycles. The summed E-state index contributed by atoms with van der Waals surface area (Å²) in [6, 6.07) is 2.82. The molecule has 0 saturated carbocycles. The average Bonchev–Trinajstić information content (AvgIpc) is 2.83. The normalized spacial score (nSPS) is 12.0. The number of hydrogen-bond acceptors (Lipinski definition) is 5. The van der Waals surface area contributed by atoms with Crippen molar-refractivity contribution in [2.24, 2.45) is 0 Å². The SMILES string of the molecule is C[C@H](O)CN(C)C(=O)Nc1nnc(Cc2cc(F)cc(F)c2)s1. The highest BCUT2D eigenvalue weighted by Gasteiger charge is 2.14. The maximum atomic E-state index is 13.1. The Morgan fingerprint density at radius 3 is 2.61 bits per heavy atom. The molecule has 0 bridgehead atoms. The molecule has 2 amide bonds. The van der Waals surface area contributed by atoms with Gasteiger partial charge in [-0.05, 0) is 24.6 Å². The molecular formula is C14H16F2N4O2S. The van der Waals surface area contributed by atoms with Crippen molar-refractivity contribution in [3.05, 3.63) is 40.4 Å². The van der Waals surface area contributed by atoms with Gasteiger partial charge in [-0.2, -0.15) is 0 Å². The summed E-state index contributed by atoms with van der Waals surface area (Å²) >= 11 is 1.12. The molecule has 1 aromatic carbocycles. The lowest BCUT2D eigenvalue weighted by Crippen LogP contribution is -2.36. The minimum Gasteiger partial charge on any atom is -0.392 e. The Hall–Kier alpha value is -2.13. The summed E-state index contributed by atoms with van der Waals surface area (Å²) in [5.74, 6) is -1.31. The molecule has 2 aromatic rings. The molecular weight excluding hydrogens is 326 g/mol. The third-order valence-electron chi connectivity index (χ3n) is 2.84. The zero-order valence-corrected chi connectivity index (χ0v) is 13.4. The number of aliphatic hydroxyl groups excluding tert-OH is 1. The topological polar surface area (TPSA) is 78.4 Å². The van der Waals surface area contributed by atoms with Crippen molar-refractivity contribution in [3.8, 4) is 0 Å². The van der Waals surface area contributed by atoms with Crippen molar-refractivity contribution in [2.45, 2.75) is 19.4 Å². The summed E-state index contributed by atoms with van der Waals surface area (Å²) in [6.45, 7) is 1.75. The van der Waals surface area contributed by atoms with Crippen LogP contribution in [0.2, 0.25) is 0 Å². The second kappa shape index (κ2) is 7.42. The number of halogens is 2. The minimum absolute atomic E-state index is 0.181. The fourth-order valence-electron chi connectivity index (χ4n) is 1.93. The highest BCUT2D eigenvalue weighted by atomic mass is 32.1. The van der Waals surface area contributed by atoms with Crippen molar-refractivity contribution < 1.29 is 18.7 Å². The maximum Gasteiger partial charge on any atom is 0.323 e. The van der Waals surface area contributed by atoms with Crippen molar-refractivity contribution >= 4 is 22.5 Å². The molecule has 0 fully saturated rings. The van der Waals surface area contributed by atoms with Crippen LogP contribution in [0.25, 0.3) is 0 Å². The number of carbonyl (C=O) groups excluding carboxylic acids is 1. The van der Waals surface area contributed by atoms with E-state index in [9.17, 15) is 18.7 Å². The van der Waals surface area contributed by atoms with Crippen molar-refractivity contribution in [1.82, 2.24) is 15.1 Å². The van der Waals surface area contributed by atoms with Gasteiger partial charge in [-0.25, -0.2) is 13.6 Å². The third-order valence-corrected chi connectivity index (χ3v) is 3.68. The lowest BCUT2D eigenvalue weighted by molar-refractivity contribution is 0.149. The zero-order valence-electron chi connectivity index (χ0n) is 12.6. The number of carbonyl (C=O) groups is 1. The van der Waals surface area contributed by atoms with E-state index < -0.39 is 23.8 Å². The second-order valence-corrected chi connectivity index (χ2v) is 6.18. The summed E-state index contributed by atoms with van der Waals surface area (Å²) in [6.07, 6.45) is -0.426. The van der Waals surface area contributed by atoms with Crippen LogP contribution in [-0.4, -0.2) is 45.9 Å². The summed E-state index contributed by atoms with van der Waals surface area (Å²) < 4.78 is 26.3. The third kappa shape index (κ3) is 5.22. The van der Waals surface area contributed by atoms with Crippen LogP contribution in [0, 0.1) is 11.6 Å². The number of benzene rings is 1. The molecule has 124 valence electrons. The lowest BCUT2D eigenvalue weighted by Gasteiger charge is -2.18. The van der Waals surface area contributed by atoms with E-state index in [2.05, 4.69) is 15.5 Å². The lowest BCUT2D eigenvalue weighted by atomic mass is 10.1.